The van der Waals surface area contributed by atoms with Crippen LogP contribution in [0.15, 0.2) is 54.6 Å². The second kappa shape index (κ2) is 11.3. The van der Waals surface area contributed by atoms with Crippen LogP contribution < -0.4 is 16.0 Å². The molecule has 0 aromatic heterocycles. The summed E-state index contributed by atoms with van der Waals surface area (Å²) in [6, 6.07) is 17.0. The fraction of sp³-hybridized carbons (Fsp3) is 0.400. The van der Waals surface area contributed by atoms with Gasteiger partial charge in [0.05, 0.1) is 0 Å². The molecule has 1 aliphatic heterocycles. The van der Waals surface area contributed by atoms with Crippen molar-refractivity contribution in [3.8, 4) is 0 Å². The minimum Gasteiger partial charge on any atom is -0.351 e. The summed E-state index contributed by atoms with van der Waals surface area (Å²) >= 11 is 0. The molecule has 32 heavy (non-hydrogen) atoms. The second-order valence-corrected chi connectivity index (χ2v) is 8.36. The van der Waals surface area contributed by atoms with Crippen LogP contribution in [0.1, 0.15) is 36.5 Å². The van der Waals surface area contributed by atoms with Gasteiger partial charge in [-0.15, -0.1) is 0 Å². The number of carbonyl (C=O) groups is 3. The van der Waals surface area contributed by atoms with Gasteiger partial charge >= 0.3 is 6.03 Å². The normalized spacial score (nSPS) is 15.0. The second-order valence-electron chi connectivity index (χ2n) is 8.36. The predicted octanol–water partition coefficient (Wildman–Crippen LogP) is 2.53. The molecule has 3 rings (SSSR count). The monoisotopic (exact) mass is 436 g/mol. The minimum absolute atomic E-state index is 0.0190. The molecule has 7 heteroatoms. The lowest BCUT2D eigenvalue weighted by atomic mass is 10.0. The van der Waals surface area contributed by atoms with Gasteiger partial charge in [-0.2, -0.15) is 0 Å². The topological polar surface area (TPSA) is 90.5 Å². The number of amides is 4. The number of nitrogens with one attached hydrogen (secondary N) is 3. The Morgan fingerprint density at radius 1 is 1.00 bits per heavy atom. The van der Waals surface area contributed by atoms with Crippen molar-refractivity contribution >= 4 is 17.8 Å². The van der Waals surface area contributed by atoms with E-state index in [1.165, 1.54) is 6.92 Å². The average molecular weight is 437 g/mol. The molecule has 0 aliphatic carbocycles. The molecule has 170 valence electrons. The highest BCUT2D eigenvalue weighted by atomic mass is 16.2. The zero-order chi connectivity index (χ0) is 22.9. The van der Waals surface area contributed by atoms with Crippen LogP contribution >= 0.6 is 0 Å². The summed E-state index contributed by atoms with van der Waals surface area (Å²) < 4.78 is 0. The van der Waals surface area contributed by atoms with Gasteiger partial charge < -0.3 is 20.9 Å². The number of likely N-dealkylation sites (tertiary alicyclic amines) is 1. The third-order valence-electron chi connectivity index (χ3n) is 5.63. The molecule has 1 heterocycles. The SMILES string of the molecule is CC(=O)N[C@H](Cc1cccc(C)c1)C(=O)NC1CCN(C(=O)NCc2ccccc2)CC1. The smallest absolute Gasteiger partial charge is 0.317 e. The van der Waals surface area contributed by atoms with Crippen molar-refractivity contribution in [2.24, 2.45) is 0 Å². The molecule has 2 aromatic rings. The first-order valence-electron chi connectivity index (χ1n) is 11.1. The number of aryl methyl sites for hydroxylation is 1. The summed E-state index contributed by atoms with van der Waals surface area (Å²) in [7, 11) is 0. The summed E-state index contributed by atoms with van der Waals surface area (Å²) in [6.45, 7) is 5.07. The van der Waals surface area contributed by atoms with Crippen LogP contribution in [-0.2, 0) is 22.6 Å². The van der Waals surface area contributed by atoms with Crippen molar-refractivity contribution in [2.75, 3.05) is 13.1 Å². The maximum absolute atomic E-state index is 12.9. The molecule has 0 unspecified atom stereocenters. The maximum Gasteiger partial charge on any atom is 0.317 e. The fourth-order valence-electron chi connectivity index (χ4n) is 3.94. The Labute approximate surface area is 189 Å². The molecule has 1 saturated heterocycles. The van der Waals surface area contributed by atoms with Crippen LogP contribution in [0.5, 0.6) is 0 Å². The zero-order valence-corrected chi connectivity index (χ0v) is 18.8. The van der Waals surface area contributed by atoms with Crippen molar-refractivity contribution in [3.05, 3.63) is 71.3 Å². The number of urea groups is 1. The van der Waals surface area contributed by atoms with E-state index >= 15 is 0 Å². The molecule has 0 saturated carbocycles. The molecule has 2 aromatic carbocycles. The maximum atomic E-state index is 12.9. The lowest BCUT2D eigenvalue weighted by Crippen LogP contribution is -2.54. The minimum atomic E-state index is -0.624. The van der Waals surface area contributed by atoms with Crippen molar-refractivity contribution in [1.29, 1.82) is 0 Å². The Hall–Kier alpha value is -3.35. The van der Waals surface area contributed by atoms with E-state index in [-0.39, 0.29) is 23.9 Å². The molecule has 0 radical (unpaired) electrons. The van der Waals surface area contributed by atoms with Gasteiger partial charge in [0.25, 0.3) is 0 Å². The zero-order valence-electron chi connectivity index (χ0n) is 18.8. The third-order valence-corrected chi connectivity index (χ3v) is 5.63. The first-order valence-corrected chi connectivity index (χ1v) is 11.1. The summed E-state index contributed by atoms with van der Waals surface area (Å²) in [5.41, 5.74) is 3.17. The van der Waals surface area contributed by atoms with Gasteiger partial charge in [-0.3, -0.25) is 9.59 Å². The summed E-state index contributed by atoms with van der Waals surface area (Å²) in [6.07, 6.45) is 1.80. The van der Waals surface area contributed by atoms with Crippen LogP contribution in [0.2, 0.25) is 0 Å². The Balaban J connectivity index is 1.48. The van der Waals surface area contributed by atoms with E-state index in [2.05, 4.69) is 16.0 Å². The van der Waals surface area contributed by atoms with Crippen molar-refractivity contribution in [1.82, 2.24) is 20.9 Å². The molecule has 7 nitrogen and oxygen atoms in total. The lowest BCUT2D eigenvalue weighted by Gasteiger charge is -2.33. The van der Waals surface area contributed by atoms with Gasteiger partial charge in [-0.1, -0.05) is 60.2 Å². The molecule has 3 N–H and O–H groups in total. The van der Waals surface area contributed by atoms with Gasteiger partial charge in [0.2, 0.25) is 11.8 Å². The number of rotatable bonds is 7. The highest BCUT2D eigenvalue weighted by Gasteiger charge is 2.27. The molecule has 1 atom stereocenters. The van der Waals surface area contributed by atoms with Gasteiger partial charge in [0.15, 0.2) is 0 Å². The summed E-state index contributed by atoms with van der Waals surface area (Å²) in [5, 5.41) is 8.78. The number of nitrogens with zero attached hydrogens (tertiary/aromatic N) is 1. The molecule has 0 bridgehead atoms. The van der Waals surface area contributed by atoms with E-state index in [9.17, 15) is 14.4 Å². The Kier molecular flexibility index (Phi) is 8.25. The number of hydrogen-bond acceptors (Lipinski definition) is 3. The van der Waals surface area contributed by atoms with E-state index < -0.39 is 6.04 Å². The number of benzene rings is 2. The largest absolute Gasteiger partial charge is 0.351 e. The van der Waals surface area contributed by atoms with E-state index in [0.717, 1.165) is 16.7 Å². The predicted molar refractivity (Wildman–Crippen MR) is 124 cm³/mol. The van der Waals surface area contributed by atoms with E-state index in [1.54, 1.807) is 4.90 Å². The van der Waals surface area contributed by atoms with Crippen LogP contribution in [-0.4, -0.2) is 47.9 Å². The molecule has 1 aliphatic rings. The molecule has 4 amide bonds. The Morgan fingerprint density at radius 3 is 2.34 bits per heavy atom. The highest BCUT2D eigenvalue weighted by Crippen LogP contribution is 2.12. The quantitative estimate of drug-likeness (QED) is 0.623. The van der Waals surface area contributed by atoms with Crippen LogP contribution in [0.4, 0.5) is 4.79 Å². The van der Waals surface area contributed by atoms with Crippen LogP contribution in [0.3, 0.4) is 0 Å². The Morgan fingerprint density at radius 2 is 1.69 bits per heavy atom. The van der Waals surface area contributed by atoms with Gasteiger partial charge in [-0.05, 0) is 30.9 Å². The third kappa shape index (κ3) is 7.11. The van der Waals surface area contributed by atoms with Crippen molar-refractivity contribution < 1.29 is 14.4 Å². The highest BCUT2D eigenvalue weighted by molar-refractivity contribution is 5.87. The lowest BCUT2D eigenvalue weighted by molar-refractivity contribution is -0.128. The molecule has 1 fully saturated rings. The average Bonchev–Trinajstić information content (AvgIpc) is 2.78. The van der Waals surface area contributed by atoms with E-state index in [0.29, 0.717) is 38.9 Å². The first-order chi connectivity index (χ1) is 15.4. The van der Waals surface area contributed by atoms with Crippen molar-refractivity contribution in [3.63, 3.8) is 0 Å². The summed E-state index contributed by atoms with van der Waals surface area (Å²) in [4.78, 5) is 38.8. The standard InChI is InChI=1S/C25H32N4O3/c1-18-7-6-10-21(15-18)16-23(27-19(2)30)24(31)28-22-11-13-29(14-12-22)25(32)26-17-20-8-4-3-5-9-20/h3-10,15,22-23H,11-14,16-17H2,1-2H3,(H,26,32)(H,27,30)(H,28,31)/t23-/m1/s1. The van der Waals surface area contributed by atoms with E-state index in [1.807, 2.05) is 61.5 Å². The van der Waals surface area contributed by atoms with Gasteiger partial charge in [0.1, 0.15) is 6.04 Å². The van der Waals surface area contributed by atoms with Crippen LogP contribution in [0, 0.1) is 6.92 Å². The number of carbonyl (C=O) groups excluding carboxylic acids is 3. The van der Waals surface area contributed by atoms with Gasteiger partial charge in [-0.25, -0.2) is 4.79 Å². The molecular formula is C25H32N4O3. The number of piperidine rings is 1. The van der Waals surface area contributed by atoms with Crippen molar-refractivity contribution in [2.45, 2.75) is 51.7 Å². The summed E-state index contributed by atoms with van der Waals surface area (Å²) in [5.74, 6) is -0.420. The van der Waals surface area contributed by atoms with E-state index in [4.69, 9.17) is 0 Å². The molecule has 0 spiro atoms. The number of hydrogen-bond donors (Lipinski definition) is 3. The molecular weight excluding hydrogens is 404 g/mol. The van der Waals surface area contributed by atoms with Crippen LogP contribution in [0.25, 0.3) is 0 Å². The first kappa shape index (κ1) is 23.3. The Bertz CT molecular complexity index is 924. The fourth-order valence-corrected chi connectivity index (χ4v) is 3.94. The van der Waals surface area contributed by atoms with Gasteiger partial charge in [0, 0.05) is 39.0 Å².